The average Bonchev–Trinajstić information content (AvgIpc) is 2.99. The van der Waals surface area contributed by atoms with Gasteiger partial charge in [0.05, 0.1) is 13.2 Å². The number of aliphatic hydroxyl groups is 7. The van der Waals surface area contributed by atoms with E-state index < -0.39 is 84.6 Å². The van der Waals surface area contributed by atoms with E-state index in [1.54, 1.807) is 0 Å². The molecule has 9 atom stereocenters. The van der Waals surface area contributed by atoms with Gasteiger partial charge in [0.1, 0.15) is 42.7 Å². The van der Waals surface area contributed by atoms with Gasteiger partial charge >= 0.3 is 10.4 Å². The Bertz CT molecular complexity index is 865. The molecule has 1 saturated heterocycles. The van der Waals surface area contributed by atoms with Crippen molar-refractivity contribution in [3.63, 3.8) is 0 Å². The summed E-state index contributed by atoms with van der Waals surface area (Å²) in [5.41, 5.74) is 0. The molecule has 1 heterocycles. The van der Waals surface area contributed by atoms with Crippen LogP contribution in [0.5, 0.6) is 0 Å². The van der Waals surface area contributed by atoms with Crippen LogP contribution in [-0.4, -0.2) is 130 Å². The van der Waals surface area contributed by atoms with E-state index in [9.17, 15) is 49.0 Å². The maximum absolute atomic E-state index is 12.4. The molecular weight excluding hydrogens is 606 g/mol. The summed E-state index contributed by atoms with van der Waals surface area (Å²) in [6.45, 7) is 0.412. The number of amides is 1. The fourth-order valence-electron chi connectivity index (χ4n) is 4.95. The van der Waals surface area contributed by atoms with Crippen molar-refractivity contribution in [3.8, 4) is 0 Å². The van der Waals surface area contributed by atoms with Gasteiger partial charge in [0, 0.05) is 6.54 Å². The summed E-state index contributed by atoms with van der Waals surface area (Å²) in [4.78, 5) is 12.4. The minimum Gasteiger partial charge on any atom is -0.394 e. The van der Waals surface area contributed by atoms with Gasteiger partial charge in [0.15, 0.2) is 12.4 Å². The molecule has 0 aromatic carbocycles. The molecule has 0 spiro atoms. The van der Waals surface area contributed by atoms with E-state index in [-0.39, 0.29) is 6.54 Å². The summed E-state index contributed by atoms with van der Waals surface area (Å²) < 4.78 is 45.1. The second kappa shape index (κ2) is 22.5. The van der Waals surface area contributed by atoms with Gasteiger partial charge < -0.3 is 50.5 Å². The highest BCUT2D eigenvalue weighted by molar-refractivity contribution is 7.80. The highest BCUT2D eigenvalue weighted by Crippen LogP contribution is 2.26. The van der Waals surface area contributed by atoms with Crippen molar-refractivity contribution in [3.05, 3.63) is 0 Å². The monoisotopic (exact) mass is 661 g/mol. The Morgan fingerprint density at radius 1 is 0.818 bits per heavy atom. The first-order chi connectivity index (χ1) is 20.8. The normalized spacial score (nSPS) is 25.3. The summed E-state index contributed by atoms with van der Waals surface area (Å²) in [5.74, 6) is -0.981. The zero-order chi connectivity index (χ0) is 33.1. The van der Waals surface area contributed by atoms with Crippen molar-refractivity contribution in [1.82, 2.24) is 5.32 Å². The van der Waals surface area contributed by atoms with Crippen molar-refractivity contribution < 1.29 is 67.2 Å². The maximum atomic E-state index is 12.4. The Balaban J connectivity index is 2.45. The number of carbonyl (C=O) groups excluding carboxylic acids is 1. The number of hydrogen-bond donors (Lipinski definition) is 9. The maximum Gasteiger partial charge on any atom is 0.397 e. The third-order valence-corrected chi connectivity index (χ3v) is 8.10. The van der Waals surface area contributed by atoms with E-state index in [4.69, 9.17) is 14.0 Å². The van der Waals surface area contributed by atoms with Crippen molar-refractivity contribution >= 4 is 16.3 Å². The fourth-order valence-corrected chi connectivity index (χ4v) is 5.25. The van der Waals surface area contributed by atoms with Gasteiger partial charge in [-0.05, 0) is 6.42 Å². The third kappa shape index (κ3) is 16.0. The molecule has 1 amide bonds. The van der Waals surface area contributed by atoms with Gasteiger partial charge in [-0.25, -0.2) is 4.18 Å². The van der Waals surface area contributed by atoms with Gasteiger partial charge in [-0.3, -0.25) is 9.35 Å². The van der Waals surface area contributed by atoms with E-state index in [0.717, 1.165) is 25.7 Å². The summed E-state index contributed by atoms with van der Waals surface area (Å²) in [5, 5.41) is 73.5. The Labute approximate surface area is 260 Å². The number of nitrogens with one attached hydrogen (secondary N) is 1. The number of unbranched alkanes of at least 4 members (excludes halogenated alkanes) is 13. The molecule has 0 radical (unpaired) electrons. The van der Waals surface area contributed by atoms with Gasteiger partial charge in [-0.15, -0.1) is 0 Å². The Morgan fingerprint density at radius 3 is 1.80 bits per heavy atom. The Hall–Kier alpha value is -1.02. The Kier molecular flexibility index (Phi) is 21.0. The molecule has 0 bridgehead atoms. The third-order valence-electron chi connectivity index (χ3n) is 7.67. The lowest BCUT2D eigenvalue weighted by atomic mass is 9.98. The summed E-state index contributed by atoms with van der Waals surface area (Å²) in [7, 11) is -4.96. The predicted molar refractivity (Wildman–Crippen MR) is 157 cm³/mol. The van der Waals surface area contributed by atoms with Crippen LogP contribution in [0.3, 0.4) is 0 Å². The zero-order valence-electron chi connectivity index (χ0n) is 25.7. The number of rotatable bonds is 25. The first-order valence-electron chi connectivity index (χ1n) is 15.7. The van der Waals surface area contributed by atoms with Crippen molar-refractivity contribution in [1.29, 1.82) is 0 Å². The molecule has 0 aromatic rings. The minimum atomic E-state index is -4.96. The molecule has 0 saturated carbocycles. The van der Waals surface area contributed by atoms with Crippen LogP contribution in [0, 0.1) is 0 Å². The smallest absolute Gasteiger partial charge is 0.394 e. The van der Waals surface area contributed by atoms with Crippen LogP contribution in [0.1, 0.15) is 96.8 Å². The standard InChI is InChI=1S/C28H55NO14S/c1-2-3-4-5-6-7-8-9-10-11-12-13-14-15-16-29-27(37)24(35)23(34)26(19(31)17-30)43-28-25(36)22(33)21(32)20(42-28)18-41-44(38,39)40/h19-26,28,30-36H,2-18H2,1H3,(H,29,37)(H,38,39,40)/t19-,20?,21-,22+,23-,24-,25?,26-,28-/m1/s1. The second-order valence-corrected chi connectivity index (χ2v) is 12.5. The number of aliphatic hydroxyl groups excluding tert-OH is 7. The second-order valence-electron chi connectivity index (χ2n) is 11.4. The molecular formula is C28H55NO14S. The number of hydrogen-bond acceptors (Lipinski definition) is 13. The van der Waals surface area contributed by atoms with Gasteiger partial charge in [0.25, 0.3) is 5.91 Å². The van der Waals surface area contributed by atoms with Crippen LogP contribution < -0.4 is 5.32 Å². The highest BCUT2D eigenvalue weighted by Gasteiger charge is 2.48. The summed E-state index contributed by atoms with van der Waals surface area (Å²) in [6.07, 6.45) is -1.36. The van der Waals surface area contributed by atoms with Crippen LogP contribution in [0.25, 0.3) is 0 Å². The topological polar surface area (TPSA) is 253 Å². The predicted octanol–water partition coefficient (Wildman–Crippen LogP) is -0.329. The first kappa shape index (κ1) is 41.0. The quantitative estimate of drug-likeness (QED) is 0.0449. The van der Waals surface area contributed by atoms with Gasteiger partial charge in [-0.2, -0.15) is 8.42 Å². The average molecular weight is 662 g/mol. The van der Waals surface area contributed by atoms with E-state index in [2.05, 4.69) is 16.4 Å². The molecule has 1 aliphatic rings. The Morgan fingerprint density at radius 2 is 1.32 bits per heavy atom. The zero-order valence-corrected chi connectivity index (χ0v) is 26.5. The van der Waals surface area contributed by atoms with Crippen molar-refractivity contribution in [2.45, 2.75) is 152 Å². The highest BCUT2D eigenvalue weighted by atomic mass is 32.3. The van der Waals surface area contributed by atoms with Crippen molar-refractivity contribution in [2.75, 3.05) is 19.8 Å². The van der Waals surface area contributed by atoms with Crippen LogP contribution in [0.4, 0.5) is 0 Å². The number of ether oxygens (including phenoxy) is 2. The lowest BCUT2D eigenvalue weighted by Gasteiger charge is -2.42. The number of carbonyl (C=O) groups is 1. The summed E-state index contributed by atoms with van der Waals surface area (Å²) in [6, 6.07) is 0. The first-order valence-corrected chi connectivity index (χ1v) is 17.1. The molecule has 1 rings (SSSR count). The molecule has 9 N–H and O–H groups in total. The molecule has 1 aliphatic heterocycles. The molecule has 44 heavy (non-hydrogen) atoms. The van der Waals surface area contributed by atoms with Gasteiger partial charge in [-0.1, -0.05) is 90.4 Å². The van der Waals surface area contributed by atoms with Crippen LogP contribution in [0.15, 0.2) is 0 Å². The molecule has 0 aromatic heterocycles. The fraction of sp³-hybridized carbons (Fsp3) is 0.964. The lowest BCUT2D eigenvalue weighted by molar-refractivity contribution is -0.325. The van der Waals surface area contributed by atoms with E-state index >= 15 is 0 Å². The SMILES string of the molecule is CCCCCCCCCCCCCCCCNC(=O)[C@H](O)[C@@H](O)[C@H](O[C@H]1OC(COS(=O)(=O)O)[C@@H](O)[C@H](O)C1O)[C@H](O)CO. The van der Waals surface area contributed by atoms with Gasteiger partial charge in [0.2, 0.25) is 0 Å². The largest absolute Gasteiger partial charge is 0.397 e. The lowest BCUT2D eigenvalue weighted by Crippen LogP contribution is -2.62. The van der Waals surface area contributed by atoms with E-state index in [1.807, 2.05) is 0 Å². The molecule has 2 unspecified atom stereocenters. The van der Waals surface area contributed by atoms with E-state index in [0.29, 0.717) is 6.42 Å². The molecule has 1 fully saturated rings. The summed E-state index contributed by atoms with van der Waals surface area (Å²) >= 11 is 0. The van der Waals surface area contributed by atoms with Crippen LogP contribution >= 0.6 is 0 Å². The molecule has 15 nitrogen and oxygen atoms in total. The molecule has 16 heteroatoms. The van der Waals surface area contributed by atoms with Crippen LogP contribution in [0.2, 0.25) is 0 Å². The molecule has 262 valence electrons. The van der Waals surface area contributed by atoms with Crippen LogP contribution in [-0.2, 0) is 28.9 Å². The van der Waals surface area contributed by atoms with E-state index in [1.165, 1.54) is 57.8 Å². The minimum absolute atomic E-state index is 0.221. The van der Waals surface area contributed by atoms with Crippen molar-refractivity contribution in [2.24, 2.45) is 0 Å². The molecule has 0 aliphatic carbocycles.